The second-order valence-electron chi connectivity index (χ2n) is 7.80. The quantitative estimate of drug-likeness (QED) is 0.656. The maximum Gasteiger partial charge on any atom is 0.249 e. The lowest BCUT2D eigenvalue weighted by Crippen LogP contribution is -2.41. The second kappa shape index (κ2) is 7.18. The lowest BCUT2D eigenvalue weighted by Gasteiger charge is -2.37. The molecule has 8 heteroatoms. The number of rotatable bonds is 3. The number of hydrogen-bond donors (Lipinski definition) is 0. The molecule has 0 bridgehead atoms. The summed E-state index contributed by atoms with van der Waals surface area (Å²) in [6.07, 6.45) is 3.38. The van der Waals surface area contributed by atoms with Crippen LogP contribution < -0.4 is 0 Å². The van der Waals surface area contributed by atoms with E-state index in [1.165, 1.54) is 29.3 Å². The van der Waals surface area contributed by atoms with Gasteiger partial charge >= 0.3 is 0 Å². The average Bonchev–Trinajstić information content (AvgIpc) is 3.33. The predicted molar refractivity (Wildman–Crippen MR) is 103 cm³/mol. The Bertz CT molecular complexity index is 1180. The number of nitrogens with zero attached hydrogens (tertiary/aromatic N) is 4. The Morgan fingerprint density at radius 1 is 1.17 bits per heavy atom. The van der Waals surface area contributed by atoms with Crippen molar-refractivity contribution in [2.24, 2.45) is 5.92 Å². The summed E-state index contributed by atoms with van der Waals surface area (Å²) in [7, 11) is 0. The lowest BCUT2D eigenvalue weighted by molar-refractivity contribution is -0.185. The molecule has 2 heterocycles. The van der Waals surface area contributed by atoms with E-state index >= 15 is 0 Å². The van der Waals surface area contributed by atoms with Gasteiger partial charge in [0.15, 0.2) is 0 Å². The normalized spacial score (nSPS) is 23.4. The van der Waals surface area contributed by atoms with Gasteiger partial charge in [0.05, 0.1) is 42.0 Å². The van der Waals surface area contributed by atoms with Crippen LogP contribution in [0.5, 0.6) is 0 Å². The van der Waals surface area contributed by atoms with E-state index in [4.69, 9.17) is 10.1 Å². The standard InChI is InChI=1S/C22H18F2N4O2/c23-17-1-2-20-16(8-17)12-26-27(20)19-9-15(10-19)22(29)28-21(3-4-30-28)14-5-13(11-25)6-18(24)7-14/h1-2,5-8,12,15,19,21H,3-4,9-10H2/t15-,19-,21-/m0/s1. The largest absolute Gasteiger partial charge is 0.272 e. The van der Waals surface area contributed by atoms with Crippen molar-refractivity contribution in [3.05, 3.63) is 65.4 Å². The van der Waals surface area contributed by atoms with Gasteiger partial charge in [-0.05, 0) is 54.8 Å². The SMILES string of the molecule is N#Cc1cc(F)cc([C@@H]2CCON2C(=O)[C@H]2C[C@H](n3ncc4cc(F)ccc43)C2)c1. The first-order chi connectivity index (χ1) is 14.5. The maximum atomic E-state index is 13.9. The molecule has 3 aromatic rings. The third-order valence-corrected chi connectivity index (χ3v) is 5.92. The molecule has 0 radical (unpaired) electrons. The van der Waals surface area contributed by atoms with E-state index in [2.05, 4.69) is 5.10 Å². The third kappa shape index (κ3) is 3.12. The highest BCUT2D eigenvalue weighted by atomic mass is 19.1. The minimum Gasteiger partial charge on any atom is -0.272 e. The molecule has 0 N–H and O–H groups in total. The molecule has 1 aliphatic carbocycles. The molecule has 1 aliphatic heterocycles. The Kier molecular flexibility index (Phi) is 4.48. The number of aromatic nitrogens is 2. The Morgan fingerprint density at radius 2 is 2.00 bits per heavy atom. The van der Waals surface area contributed by atoms with E-state index in [1.807, 2.05) is 10.8 Å². The fourth-order valence-corrected chi connectivity index (χ4v) is 4.34. The Morgan fingerprint density at radius 3 is 2.80 bits per heavy atom. The molecule has 0 unspecified atom stereocenters. The van der Waals surface area contributed by atoms with Gasteiger partial charge in [0.2, 0.25) is 5.91 Å². The van der Waals surface area contributed by atoms with Gasteiger partial charge in [-0.3, -0.25) is 14.3 Å². The summed E-state index contributed by atoms with van der Waals surface area (Å²) in [6, 6.07) is 10.2. The summed E-state index contributed by atoms with van der Waals surface area (Å²) in [5.74, 6) is -1.18. The number of hydrogen-bond acceptors (Lipinski definition) is 4. The number of amides is 1. The molecule has 0 spiro atoms. The monoisotopic (exact) mass is 408 g/mol. The van der Waals surface area contributed by atoms with E-state index in [0.29, 0.717) is 31.4 Å². The number of carbonyl (C=O) groups is 1. The summed E-state index contributed by atoms with van der Waals surface area (Å²) in [4.78, 5) is 18.6. The minimum absolute atomic E-state index is 0.0577. The van der Waals surface area contributed by atoms with Gasteiger partial charge < -0.3 is 0 Å². The van der Waals surface area contributed by atoms with Gasteiger partial charge in [-0.2, -0.15) is 10.4 Å². The van der Waals surface area contributed by atoms with Gasteiger partial charge in [-0.1, -0.05) is 0 Å². The maximum absolute atomic E-state index is 13.9. The summed E-state index contributed by atoms with van der Waals surface area (Å²) in [5, 5.41) is 15.5. The molecule has 1 saturated carbocycles. The molecular formula is C22H18F2N4O2. The molecule has 2 aromatic carbocycles. The van der Waals surface area contributed by atoms with Crippen molar-refractivity contribution in [2.45, 2.75) is 31.3 Å². The highest BCUT2D eigenvalue weighted by Crippen LogP contribution is 2.42. The number of halogens is 2. The summed E-state index contributed by atoms with van der Waals surface area (Å²) in [5.41, 5.74) is 1.62. The van der Waals surface area contributed by atoms with Crippen molar-refractivity contribution in [1.29, 1.82) is 5.26 Å². The Labute approximate surface area is 171 Å². The van der Waals surface area contributed by atoms with Crippen LogP contribution in [-0.4, -0.2) is 27.4 Å². The molecule has 30 heavy (non-hydrogen) atoms. The number of benzene rings is 2. The zero-order valence-corrected chi connectivity index (χ0v) is 16.0. The number of hydroxylamine groups is 2. The average molecular weight is 408 g/mol. The number of fused-ring (bicyclic) bond motifs is 1. The molecule has 1 amide bonds. The van der Waals surface area contributed by atoms with Crippen LogP contribution in [0.25, 0.3) is 10.9 Å². The van der Waals surface area contributed by atoms with Gasteiger partial charge in [0.1, 0.15) is 11.6 Å². The van der Waals surface area contributed by atoms with Crippen LogP contribution in [0.4, 0.5) is 8.78 Å². The van der Waals surface area contributed by atoms with Crippen LogP contribution in [0.2, 0.25) is 0 Å². The molecule has 2 aliphatic rings. The summed E-state index contributed by atoms with van der Waals surface area (Å²) >= 11 is 0. The first-order valence-corrected chi connectivity index (χ1v) is 9.83. The van der Waals surface area contributed by atoms with E-state index in [9.17, 15) is 13.6 Å². The van der Waals surface area contributed by atoms with Crippen LogP contribution in [-0.2, 0) is 9.63 Å². The van der Waals surface area contributed by atoms with Crippen LogP contribution in [0.3, 0.4) is 0 Å². The van der Waals surface area contributed by atoms with E-state index in [-0.39, 0.29) is 29.2 Å². The lowest BCUT2D eigenvalue weighted by atomic mass is 9.79. The van der Waals surface area contributed by atoms with E-state index < -0.39 is 11.9 Å². The van der Waals surface area contributed by atoms with Crippen molar-refractivity contribution in [3.63, 3.8) is 0 Å². The first kappa shape index (κ1) is 18.7. The molecule has 152 valence electrons. The summed E-state index contributed by atoms with van der Waals surface area (Å²) < 4.78 is 29.1. The van der Waals surface area contributed by atoms with Crippen molar-refractivity contribution < 1.29 is 18.4 Å². The molecule has 2 fully saturated rings. The van der Waals surface area contributed by atoms with Crippen LogP contribution in [0.1, 0.15) is 42.5 Å². The number of carbonyl (C=O) groups excluding carboxylic acids is 1. The molecule has 6 nitrogen and oxygen atoms in total. The van der Waals surface area contributed by atoms with E-state index in [0.717, 1.165) is 10.9 Å². The second-order valence-corrected chi connectivity index (χ2v) is 7.80. The zero-order valence-electron chi connectivity index (χ0n) is 16.0. The van der Waals surface area contributed by atoms with Gasteiger partial charge in [-0.15, -0.1) is 0 Å². The molecule has 1 aromatic heterocycles. The van der Waals surface area contributed by atoms with Crippen LogP contribution in [0, 0.1) is 28.9 Å². The van der Waals surface area contributed by atoms with Crippen LogP contribution >= 0.6 is 0 Å². The van der Waals surface area contributed by atoms with Gasteiger partial charge in [-0.25, -0.2) is 13.8 Å². The van der Waals surface area contributed by atoms with Crippen molar-refractivity contribution in [3.8, 4) is 6.07 Å². The third-order valence-electron chi connectivity index (χ3n) is 5.92. The van der Waals surface area contributed by atoms with Crippen LogP contribution in [0.15, 0.2) is 42.6 Å². The van der Waals surface area contributed by atoms with Gasteiger partial charge in [0.25, 0.3) is 0 Å². The Balaban J connectivity index is 1.31. The molecular weight excluding hydrogens is 390 g/mol. The molecule has 1 atom stereocenters. The highest BCUT2D eigenvalue weighted by Gasteiger charge is 2.43. The Hall–Kier alpha value is -3.31. The van der Waals surface area contributed by atoms with Crippen molar-refractivity contribution >= 4 is 16.8 Å². The van der Waals surface area contributed by atoms with Crippen molar-refractivity contribution in [2.75, 3.05) is 6.61 Å². The van der Waals surface area contributed by atoms with Crippen molar-refractivity contribution in [1.82, 2.24) is 14.8 Å². The smallest absolute Gasteiger partial charge is 0.249 e. The van der Waals surface area contributed by atoms with E-state index in [1.54, 1.807) is 18.3 Å². The number of nitriles is 1. The fraction of sp³-hybridized carbons (Fsp3) is 0.318. The molecule has 5 rings (SSSR count). The summed E-state index contributed by atoms with van der Waals surface area (Å²) in [6.45, 7) is 0.361. The fourth-order valence-electron chi connectivity index (χ4n) is 4.34. The topological polar surface area (TPSA) is 71.2 Å². The predicted octanol–water partition coefficient (Wildman–Crippen LogP) is 4.04. The first-order valence-electron chi connectivity index (χ1n) is 9.83. The zero-order chi connectivity index (χ0) is 20.8. The van der Waals surface area contributed by atoms with Gasteiger partial charge in [0, 0.05) is 17.7 Å². The molecule has 1 saturated heterocycles. The highest BCUT2D eigenvalue weighted by molar-refractivity contribution is 5.81. The minimum atomic E-state index is -0.506.